The largest absolute Gasteiger partial charge is 0.467 e. The van der Waals surface area contributed by atoms with Crippen LogP contribution in [0.2, 0.25) is 0 Å². The van der Waals surface area contributed by atoms with E-state index in [1.807, 2.05) is 20.8 Å². The van der Waals surface area contributed by atoms with E-state index in [0.29, 0.717) is 23.2 Å². The van der Waals surface area contributed by atoms with Crippen LogP contribution >= 0.6 is 11.3 Å². The van der Waals surface area contributed by atoms with Gasteiger partial charge in [0.1, 0.15) is 17.6 Å². The summed E-state index contributed by atoms with van der Waals surface area (Å²) in [4.78, 5) is 16.5. The van der Waals surface area contributed by atoms with E-state index in [1.165, 1.54) is 17.5 Å². The van der Waals surface area contributed by atoms with Crippen molar-refractivity contribution in [2.24, 2.45) is 0 Å². The second-order valence-electron chi connectivity index (χ2n) is 6.37. The Morgan fingerprint density at radius 1 is 1.50 bits per heavy atom. The van der Waals surface area contributed by atoms with E-state index < -0.39 is 6.10 Å². The highest BCUT2D eigenvalue weighted by molar-refractivity contribution is 7.15. The SMILES string of the molecule is CC#CCCCNC(=O)c1cnc(OCC(O)CNC(C)(C)C)s1. The molecule has 1 heterocycles. The molecule has 0 aliphatic rings. The molecule has 0 aliphatic carbocycles. The molecule has 0 spiro atoms. The number of carbonyl (C=O) groups excluding carboxylic acids is 1. The minimum atomic E-state index is -0.634. The number of unbranched alkanes of at least 4 members (excludes halogenated alkanes) is 1. The number of thiazole rings is 1. The van der Waals surface area contributed by atoms with Gasteiger partial charge in [-0.25, -0.2) is 4.98 Å². The molecule has 3 N–H and O–H groups in total. The number of aliphatic hydroxyl groups excluding tert-OH is 1. The third-order valence-electron chi connectivity index (χ3n) is 2.92. The monoisotopic (exact) mass is 353 g/mol. The Kier molecular flexibility index (Phi) is 8.76. The lowest BCUT2D eigenvalue weighted by Gasteiger charge is -2.22. The Labute approximate surface area is 148 Å². The quantitative estimate of drug-likeness (QED) is 0.466. The first-order chi connectivity index (χ1) is 11.3. The van der Waals surface area contributed by atoms with Crippen molar-refractivity contribution in [3.63, 3.8) is 0 Å². The Hall–Kier alpha value is -1.62. The number of aliphatic hydroxyl groups is 1. The molecule has 7 heteroatoms. The second-order valence-corrected chi connectivity index (χ2v) is 7.37. The van der Waals surface area contributed by atoms with Crippen LogP contribution in [0.3, 0.4) is 0 Å². The number of nitrogens with zero attached hydrogens (tertiary/aromatic N) is 1. The molecule has 0 aliphatic heterocycles. The van der Waals surface area contributed by atoms with E-state index in [-0.39, 0.29) is 18.1 Å². The maximum Gasteiger partial charge on any atom is 0.273 e. The van der Waals surface area contributed by atoms with Gasteiger partial charge in [0.05, 0.1) is 6.20 Å². The summed E-state index contributed by atoms with van der Waals surface area (Å²) < 4.78 is 5.44. The fraction of sp³-hybridized carbons (Fsp3) is 0.647. The predicted octanol–water partition coefficient (Wildman–Crippen LogP) is 1.80. The number of β-amino-alcohol motifs (C(OH)–C–C–N with tert-alkyl or cyclic N) is 1. The number of hydrogen-bond donors (Lipinski definition) is 3. The summed E-state index contributed by atoms with van der Waals surface area (Å²) in [6.07, 6.45) is 2.45. The van der Waals surface area contributed by atoms with Crippen LogP contribution in [-0.2, 0) is 0 Å². The molecule has 0 aromatic carbocycles. The van der Waals surface area contributed by atoms with Crippen LogP contribution in [-0.4, -0.2) is 47.3 Å². The van der Waals surface area contributed by atoms with E-state index in [9.17, 15) is 9.90 Å². The Balaban J connectivity index is 2.31. The van der Waals surface area contributed by atoms with Crippen LogP contribution in [0.4, 0.5) is 0 Å². The number of nitrogens with one attached hydrogen (secondary N) is 2. The topological polar surface area (TPSA) is 83.5 Å². The van der Waals surface area contributed by atoms with Crippen LogP contribution in [0.25, 0.3) is 0 Å². The smallest absolute Gasteiger partial charge is 0.273 e. The maximum atomic E-state index is 12.0. The molecular weight excluding hydrogens is 326 g/mol. The summed E-state index contributed by atoms with van der Waals surface area (Å²) >= 11 is 1.17. The van der Waals surface area contributed by atoms with E-state index in [4.69, 9.17) is 4.74 Å². The normalized spacial score (nSPS) is 12.2. The molecule has 0 radical (unpaired) electrons. The molecule has 1 aromatic heterocycles. The molecule has 1 atom stereocenters. The van der Waals surface area contributed by atoms with Crippen molar-refractivity contribution >= 4 is 17.2 Å². The summed E-state index contributed by atoms with van der Waals surface area (Å²) in [5.41, 5.74) is -0.0594. The number of rotatable bonds is 9. The molecule has 1 unspecified atom stereocenters. The average molecular weight is 353 g/mol. The molecular formula is C17H27N3O3S. The molecule has 24 heavy (non-hydrogen) atoms. The Bertz CT molecular complexity index is 570. The first-order valence-corrected chi connectivity index (χ1v) is 8.83. The number of amides is 1. The van der Waals surface area contributed by atoms with Crippen molar-refractivity contribution in [3.05, 3.63) is 11.1 Å². The standard InChI is InChI=1S/C17H27N3O3S/c1-5-6-7-8-9-18-15(22)14-11-19-16(24-14)23-12-13(21)10-20-17(2,3)4/h11,13,20-21H,7-10,12H2,1-4H3,(H,18,22). The lowest BCUT2D eigenvalue weighted by Crippen LogP contribution is -2.42. The van der Waals surface area contributed by atoms with Crippen LogP contribution in [0, 0.1) is 11.8 Å². The predicted molar refractivity (Wildman–Crippen MR) is 96.4 cm³/mol. The molecule has 1 rings (SSSR count). The van der Waals surface area contributed by atoms with E-state index in [2.05, 4.69) is 27.5 Å². The Morgan fingerprint density at radius 2 is 2.25 bits per heavy atom. The molecule has 0 saturated carbocycles. The van der Waals surface area contributed by atoms with Crippen LogP contribution in [0.1, 0.15) is 50.2 Å². The average Bonchev–Trinajstić information content (AvgIpc) is 2.99. The van der Waals surface area contributed by atoms with Crippen molar-refractivity contribution in [2.75, 3.05) is 19.7 Å². The van der Waals surface area contributed by atoms with Gasteiger partial charge in [-0.1, -0.05) is 11.3 Å². The van der Waals surface area contributed by atoms with Crippen LogP contribution in [0.15, 0.2) is 6.20 Å². The van der Waals surface area contributed by atoms with Gasteiger partial charge in [-0.05, 0) is 34.1 Å². The third-order valence-corrected chi connectivity index (χ3v) is 3.82. The van der Waals surface area contributed by atoms with Crippen molar-refractivity contribution < 1.29 is 14.6 Å². The van der Waals surface area contributed by atoms with E-state index in [0.717, 1.165) is 12.8 Å². The van der Waals surface area contributed by atoms with E-state index >= 15 is 0 Å². The molecule has 6 nitrogen and oxygen atoms in total. The minimum absolute atomic E-state index is 0.0594. The minimum Gasteiger partial charge on any atom is -0.467 e. The molecule has 134 valence electrons. The molecule has 1 aromatic rings. The number of ether oxygens (including phenoxy) is 1. The zero-order valence-electron chi connectivity index (χ0n) is 14.8. The fourth-order valence-corrected chi connectivity index (χ4v) is 2.36. The van der Waals surface area contributed by atoms with Gasteiger partial charge in [-0.3, -0.25) is 4.79 Å². The lowest BCUT2D eigenvalue weighted by atomic mass is 10.1. The van der Waals surface area contributed by atoms with Crippen molar-refractivity contribution in [1.29, 1.82) is 0 Å². The van der Waals surface area contributed by atoms with Crippen molar-refractivity contribution in [1.82, 2.24) is 15.6 Å². The Morgan fingerprint density at radius 3 is 2.92 bits per heavy atom. The van der Waals surface area contributed by atoms with Gasteiger partial charge in [0.15, 0.2) is 0 Å². The molecule has 1 amide bonds. The number of aromatic nitrogens is 1. The van der Waals surface area contributed by atoms with Gasteiger partial charge in [-0.2, -0.15) is 0 Å². The highest BCUT2D eigenvalue weighted by Gasteiger charge is 2.14. The van der Waals surface area contributed by atoms with Gasteiger partial charge in [0.25, 0.3) is 11.1 Å². The van der Waals surface area contributed by atoms with Crippen LogP contribution in [0.5, 0.6) is 5.19 Å². The number of hydrogen-bond acceptors (Lipinski definition) is 6. The van der Waals surface area contributed by atoms with Crippen molar-refractivity contribution in [2.45, 2.75) is 52.2 Å². The molecule has 0 fully saturated rings. The van der Waals surface area contributed by atoms with Crippen molar-refractivity contribution in [3.8, 4) is 17.0 Å². The van der Waals surface area contributed by atoms with Crippen LogP contribution < -0.4 is 15.4 Å². The highest BCUT2D eigenvalue weighted by Crippen LogP contribution is 2.20. The summed E-state index contributed by atoms with van der Waals surface area (Å²) in [5, 5.41) is 16.3. The van der Waals surface area contributed by atoms with Gasteiger partial charge in [0, 0.05) is 25.0 Å². The number of carbonyl (C=O) groups is 1. The lowest BCUT2D eigenvalue weighted by molar-refractivity contribution is 0.0957. The summed E-state index contributed by atoms with van der Waals surface area (Å²) in [6, 6.07) is 0. The highest BCUT2D eigenvalue weighted by atomic mass is 32.1. The summed E-state index contributed by atoms with van der Waals surface area (Å²) in [6.45, 7) is 9.03. The fourth-order valence-electron chi connectivity index (χ4n) is 1.67. The summed E-state index contributed by atoms with van der Waals surface area (Å²) in [5.74, 6) is 5.61. The second kappa shape index (κ2) is 10.3. The maximum absolute atomic E-state index is 12.0. The first kappa shape index (κ1) is 20.4. The summed E-state index contributed by atoms with van der Waals surface area (Å²) in [7, 11) is 0. The van der Waals surface area contributed by atoms with Gasteiger partial charge in [-0.15, -0.1) is 11.8 Å². The molecule has 0 saturated heterocycles. The van der Waals surface area contributed by atoms with Gasteiger partial charge >= 0.3 is 0 Å². The zero-order chi connectivity index (χ0) is 18.0. The first-order valence-electron chi connectivity index (χ1n) is 8.01. The zero-order valence-corrected chi connectivity index (χ0v) is 15.6. The third kappa shape index (κ3) is 8.87. The van der Waals surface area contributed by atoms with E-state index in [1.54, 1.807) is 6.92 Å². The van der Waals surface area contributed by atoms with Gasteiger partial charge < -0.3 is 20.5 Å². The van der Waals surface area contributed by atoms with Gasteiger partial charge in [0.2, 0.25) is 0 Å². The molecule has 0 bridgehead atoms.